The summed E-state index contributed by atoms with van der Waals surface area (Å²) in [6.45, 7) is 9.15. The number of nitrogens with one attached hydrogen (secondary N) is 1. The first kappa shape index (κ1) is 12.2. The highest BCUT2D eigenvalue weighted by Crippen LogP contribution is 2.10. The van der Waals surface area contributed by atoms with Gasteiger partial charge in [0.2, 0.25) is 0 Å². The van der Waals surface area contributed by atoms with E-state index in [1.54, 1.807) is 6.92 Å². The van der Waals surface area contributed by atoms with Gasteiger partial charge in [-0.05, 0) is 37.0 Å². The van der Waals surface area contributed by atoms with Gasteiger partial charge in [-0.2, -0.15) is 0 Å². The van der Waals surface area contributed by atoms with Crippen molar-refractivity contribution in [2.24, 2.45) is 5.92 Å². The molecule has 0 heterocycles. The highest BCUT2D eigenvalue weighted by Gasteiger charge is 2.06. The van der Waals surface area contributed by atoms with Crippen LogP contribution in [-0.2, 0) is 6.54 Å². The molecule has 1 N–H and O–H groups in total. The number of benzene rings is 1. The molecule has 0 amide bonds. The van der Waals surface area contributed by atoms with Crippen LogP contribution in [-0.4, -0.2) is 6.04 Å². The van der Waals surface area contributed by atoms with Crippen molar-refractivity contribution in [2.75, 3.05) is 0 Å². The van der Waals surface area contributed by atoms with Crippen molar-refractivity contribution >= 4 is 0 Å². The average molecular weight is 209 g/mol. The van der Waals surface area contributed by atoms with Crippen LogP contribution in [0.5, 0.6) is 0 Å². The lowest BCUT2D eigenvalue weighted by Crippen LogP contribution is -2.30. The lowest BCUT2D eigenvalue weighted by molar-refractivity contribution is 0.426. The van der Waals surface area contributed by atoms with Crippen molar-refractivity contribution in [2.45, 2.75) is 40.3 Å². The Kier molecular flexibility index (Phi) is 4.28. The van der Waals surface area contributed by atoms with Gasteiger partial charge in [0.25, 0.3) is 0 Å². The van der Waals surface area contributed by atoms with Gasteiger partial charge in [0.05, 0.1) is 0 Å². The summed E-state index contributed by atoms with van der Waals surface area (Å²) in [5, 5.41) is 3.42. The number of aryl methyl sites for hydroxylation is 1. The zero-order valence-corrected chi connectivity index (χ0v) is 9.97. The Bertz CT molecular complexity index is 320. The second-order valence-corrected chi connectivity index (χ2v) is 4.50. The minimum atomic E-state index is -0.129. The van der Waals surface area contributed by atoms with Gasteiger partial charge < -0.3 is 5.32 Å². The number of hydrogen-bond donors (Lipinski definition) is 1. The normalized spacial score (nSPS) is 13.2. The third-order valence-electron chi connectivity index (χ3n) is 2.85. The molecule has 0 aliphatic rings. The molecule has 0 spiro atoms. The van der Waals surface area contributed by atoms with Crippen molar-refractivity contribution in [3.63, 3.8) is 0 Å². The molecular formula is C13H20FN. The van der Waals surface area contributed by atoms with Crippen LogP contribution in [0.25, 0.3) is 0 Å². The van der Waals surface area contributed by atoms with Gasteiger partial charge in [-0.15, -0.1) is 0 Å². The van der Waals surface area contributed by atoms with Gasteiger partial charge in [-0.3, -0.25) is 0 Å². The molecule has 0 aromatic heterocycles. The average Bonchev–Trinajstić information content (AvgIpc) is 2.19. The van der Waals surface area contributed by atoms with Crippen molar-refractivity contribution in [3.8, 4) is 0 Å². The van der Waals surface area contributed by atoms with Crippen LogP contribution in [0.3, 0.4) is 0 Å². The maximum Gasteiger partial charge on any atom is 0.126 e. The van der Waals surface area contributed by atoms with Gasteiger partial charge in [-0.25, -0.2) is 4.39 Å². The molecule has 0 fully saturated rings. The molecule has 2 heteroatoms. The molecule has 0 unspecified atom stereocenters. The van der Waals surface area contributed by atoms with Crippen LogP contribution in [0.2, 0.25) is 0 Å². The van der Waals surface area contributed by atoms with E-state index in [9.17, 15) is 4.39 Å². The van der Waals surface area contributed by atoms with Crippen LogP contribution >= 0.6 is 0 Å². The third-order valence-corrected chi connectivity index (χ3v) is 2.85. The first-order valence-electron chi connectivity index (χ1n) is 5.49. The molecule has 0 saturated carbocycles. The topological polar surface area (TPSA) is 12.0 Å². The smallest absolute Gasteiger partial charge is 0.126 e. The van der Waals surface area contributed by atoms with Crippen LogP contribution in [0.15, 0.2) is 18.2 Å². The first-order valence-corrected chi connectivity index (χ1v) is 5.49. The van der Waals surface area contributed by atoms with E-state index in [1.807, 2.05) is 12.1 Å². The Balaban J connectivity index is 2.55. The second-order valence-electron chi connectivity index (χ2n) is 4.50. The summed E-state index contributed by atoms with van der Waals surface area (Å²) in [4.78, 5) is 0. The standard InChI is InChI=1S/C13H20FN/c1-9(2)11(4)15-8-12-5-6-13(14)10(3)7-12/h5-7,9,11,15H,8H2,1-4H3/t11-/m1/s1. The van der Waals surface area contributed by atoms with Crippen molar-refractivity contribution in [1.82, 2.24) is 5.32 Å². The van der Waals surface area contributed by atoms with E-state index in [-0.39, 0.29) is 5.82 Å². The Labute approximate surface area is 91.7 Å². The molecule has 0 bridgehead atoms. The van der Waals surface area contributed by atoms with Crippen molar-refractivity contribution in [3.05, 3.63) is 35.1 Å². The first-order chi connectivity index (χ1) is 7.00. The highest BCUT2D eigenvalue weighted by atomic mass is 19.1. The van der Waals surface area contributed by atoms with E-state index in [2.05, 4.69) is 26.1 Å². The molecule has 84 valence electrons. The summed E-state index contributed by atoms with van der Waals surface area (Å²) in [6.07, 6.45) is 0. The van der Waals surface area contributed by atoms with E-state index >= 15 is 0 Å². The summed E-state index contributed by atoms with van der Waals surface area (Å²) in [5.41, 5.74) is 1.85. The molecule has 0 radical (unpaired) electrons. The monoisotopic (exact) mass is 209 g/mol. The van der Waals surface area contributed by atoms with Crippen LogP contribution < -0.4 is 5.32 Å². The van der Waals surface area contributed by atoms with E-state index in [0.29, 0.717) is 17.5 Å². The van der Waals surface area contributed by atoms with Gasteiger partial charge in [0, 0.05) is 12.6 Å². The fraction of sp³-hybridized carbons (Fsp3) is 0.538. The maximum atomic E-state index is 13.0. The predicted octanol–water partition coefficient (Wildman–Crippen LogP) is 3.27. The molecule has 0 aliphatic heterocycles. The van der Waals surface area contributed by atoms with Gasteiger partial charge in [0.1, 0.15) is 5.82 Å². The Morgan fingerprint density at radius 2 is 1.93 bits per heavy atom. The fourth-order valence-corrected chi connectivity index (χ4v) is 1.33. The summed E-state index contributed by atoms with van der Waals surface area (Å²) in [6, 6.07) is 5.75. The van der Waals surface area contributed by atoms with Crippen LogP contribution in [0.1, 0.15) is 31.9 Å². The summed E-state index contributed by atoms with van der Waals surface area (Å²) in [7, 11) is 0. The summed E-state index contributed by atoms with van der Waals surface area (Å²) < 4.78 is 13.0. The van der Waals surface area contributed by atoms with Crippen LogP contribution in [0.4, 0.5) is 4.39 Å². The molecule has 0 saturated heterocycles. The van der Waals surface area contributed by atoms with Crippen molar-refractivity contribution in [1.29, 1.82) is 0 Å². The number of halogens is 1. The zero-order chi connectivity index (χ0) is 11.4. The number of hydrogen-bond acceptors (Lipinski definition) is 1. The third kappa shape index (κ3) is 3.63. The van der Waals surface area contributed by atoms with E-state index in [0.717, 1.165) is 12.1 Å². The molecule has 1 nitrogen and oxygen atoms in total. The van der Waals surface area contributed by atoms with Crippen LogP contribution in [0, 0.1) is 18.7 Å². The largest absolute Gasteiger partial charge is 0.310 e. The molecule has 0 aliphatic carbocycles. The molecule has 1 aromatic rings. The molecule has 1 atom stereocenters. The van der Waals surface area contributed by atoms with Crippen molar-refractivity contribution < 1.29 is 4.39 Å². The van der Waals surface area contributed by atoms with Gasteiger partial charge in [-0.1, -0.05) is 26.0 Å². The molecule has 15 heavy (non-hydrogen) atoms. The predicted molar refractivity (Wildman–Crippen MR) is 62.3 cm³/mol. The minimum absolute atomic E-state index is 0.129. The maximum absolute atomic E-state index is 13.0. The molecular weight excluding hydrogens is 189 g/mol. The summed E-state index contributed by atoms with van der Waals surface area (Å²) in [5.74, 6) is 0.488. The minimum Gasteiger partial charge on any atom is -0.310 e. The van der Waals surface area contributed by atoms with E-state index in [1.165, 1.54) is 6.07 Å². The van der Waals surface area contributed by atoms with Gasteiger partial charge >= 0.3 is 0 Å². The number of rotatable bonds is 4. The Morgan fingerprint density at radius 1 is 1.27 bits per heavy atom. The lowest BCUT2D eigenvalue weighted by atomic mass is 10.1. The fourth-order valence-electron chi connectivity index (χ4n) is 1.33. The van der Waals surface area contributed by atoms with Gasteiger partial charge in [0.15, 0.2) is 0 Å². The van der Waals surface area contributed by atoms with E-state index in [4.69, 9.17) is 0 Å². The second kappa shape index (κ2) is 5.26. The zero-order valence-electron chi connectivity index (χ0n) is 9.97. The SMILES string of the molecule is Cc1cc(CN[C@H](C)C(C)C)ccc1F. The quantitative estimate of drug-likeness (QED) is 0.802. The lowest BCUT2D eigenvalue weighted by Gasteiger charge is -2.17. The highest BCUT2D eigenvalue weighted by molar-refractivity contribution is 5.23. The summed E-state index contributed by atoms with van der Waals surface area (Å²) >= 11 is 0. The van der Waals surface area contributed by atoms with E-state index < -0.39 is 0 Å². The molecule has 1 rings (SSSR count). The Morgan fingerprint density at radius 3 is 2.47 bits per heavy atom. The molecule has 1 aromatic carbocycles. The Hall–Kier alpha value is -0.890.